The number of nitrogens with one attached hydrogen (secondary N) is 1. The Labute approximate surface area is 117 Å². The smallest absolute Gasteiger partial charge is 0.168 e. The highest BCUT2D eigenvalue weighted by Crippen LogP contribution is 2.28. The predicted octanol–water partition coefficient (Wildman–Crippen LogP) is 3.71. The molecule has 0 saturated heterocycles. The van der Waals surface area contributed by atoms with E-state index in [0.717, 1.165) is 0 Å². The first-order chi connectivity index (χ1) is 9.17. The van der Waals surface area contributed by atoms with Crippen LogP contribution in [0.15, 0.2) is 29.0 Å². The van der Waals surface area contributed by atoms with Crippen LogP contribution in [0.5, 0.6) is 5.75 Å². The van der Waals surface area contributed by atoms with E-state index in [2.05, 4.69) is 23.0 Å². The molecule has 0 fully saturated rings. The molecule has 4 heteroatoms. The number of benzene rings is 1. The Balaban J connectivity index is 2.27. The van der Waals surface area contributed by atoms with E-state index in [1.807, 2.05) is 19.2 Å². The van der Waals surface area contributed by atoms with E-state index in [4.69, 9.17) is 4.74 Å². The normalized spacial score (nSPS) is 12.4. The number of ether oxygens (including phenoxy) is 1. The van der Waals surface area contributed by atoms with Crippen LogP contribution in [0, 0.1) is 12.7 Å². The first-order valence-corrected chi connectivity index (χ1v) is 7.13. The molecule has 0 saturated carbocycles. The zero-order chi connectivity index (χ0) is 13.8. The fourth-order valence-corrected chi connectivity index (χ4v) is 3.09. The average Bonchev–Trinajstić information content (AvgIpc) is 2.84. The molecule has 0 aliphatic heterocycles. The summed E-state index contributed by atoms with van der Waals surface area (Å²) in [6.45, 7) is 2.08. The van der Waals surface area contributed by atoms with Gasteiger partial charge in [-0.3, -0.25) is 0 Å². The summed E-state index contributed by atoms with van der Waals surface area (Å²) in [5.74, 6) is 0.0347. The number of methoxy groups -OCH3 is 1. The van der Waals surface area contributed by atoms with Crippen molar-refractivity contribution in [3.8, 4) is 5.75 Å². The van der Waals surface area contributed by atoms with Crippen LogP contribution < -0.4 is 10.1 Å². The minimum atomic E-state index is -0.266. The van der Waals surface area contributed by atoms with Gasteiger partial charge >= 0.3 is 0 Å². The van der Waals surface area contributed by atoms with E-state index < -0.39 is 0 Å². The highest BCUT2D eigenvalue weighted by atomic mass is 32.1. The quantitative estimate of drug-likeness (QED) is 0.901. The predicted molar refractivity (Wildman–Crippen MR) is 77.5 cm³/mol. The van der Waals surface area contributed by atoms with E-state index in [1.165, 1.54) is 18.2 Å². The SMILES string of the molecule is CNC(Cc1cccc(OC)c1F)c1cscc1C. The Bertz CT molecular complexity index is 553. The first-order valence-electron chi connectivity index (χ1n) is 6.18. The Kier molecular flexibility index (Phi) is 4.56. The summed E-state index contributed by atoms with van der Waals surface area (Å²) in [7, 11) is 3.39. The van der Waals surface area contributed by atoms with Gasteiger partial charge in [-0.1, -0.05) is 12.1 Å². The second kappa shape index (κ2) is 6.17. The van der Waals surface area contributed by atoms with Gasteiger partial charge in [-0.05, 0) is 53.9 Å². The minimum Gasteiger partial charge on any atom is -0.494 e. The molecule has 1 aromatic carbocycles. The van der Waals surface area contributed by atoms with Crippen molar-refractivity contribution in [1.29, 1.82) is 0 Å². The lowest BCUT2D eigenvalue weighted by Gasteiger charge is -2.17. The summed E-state index contributed by atoms with van der Waals surface area (Å²) in [6.07, 6.45) is 0.608. The van der Waals surface area contributed by atoms with Crippen LogP contribution in [0.25, 0.3) is 0 Å². The lowest BCUT2D eigenvalue weighted by molar-refractivity contribution is 0.383. The molecule has 1 unspecified atom stereocenters. The molecule has 0 spiro atoms. The summed E-state index contributed by atoms with van der Waals surface area (Å²) in [5, 5.41) is 7.49. The number of thiophene rings is 1. The van der Waals surface area contributed by atoms with Gasteiger partial charge in [-0.25, -0.2) is 4.39 Å². The van der Waals surface area contributed by atoms with Gasteiger partial charge in [0.15, 0.2) is 11.6 Å². The number of aryl methyl sites for hydroxylation is 1. The molecule has 1 heterocycles. The number of rotatable bonds is 5. The standard InChI is InChI=1S/C15H18FNOS/c1-10-8-19-9-12(10)13(17-2)7-11-5-4-6-14(18-3)15(11)16/h4-6,8-9,13,17H,7H2,1-3H3. The molecule has 0 aliphatic rings. The van der Waals surface area contributed by atoms with Crippen molar-refractivity contribution in [3.05, 3.63) is 51.5 Å². The summed E-state index contributed by atoms with van der Waals surface area (Å²) in [4.78, 5) is 0. The van der Waals surface area contributed by atoms with Gasteiger partial charge < -0.3 is 10.1 Å². The molecule has 102 valence electrons. The number of halogens is 1. The molecule has 2 rings (SSSR count). The Morgan fingerprint density at radius 2 is 2.16 bits per heavy atom. The number of hydrogen-bond acceptors (Lipinski definition) is 3. The first kappa shape index (κ1) is 14.0. The Morgan fingerprint density at radius 1 is 1.37 bits per heavy atom. The van der Waals surface area contributed by atoms with Crippen molar-refractivity contribution in [1.82, 2.24) is 5.32 Å². The molecule has 0 aliphatic carbocycles. The molecular weight excluding hydrogens is 261 g/mol. The fraction of sp³-hybridized carbons (Fsp3) is 0.333. The summed E-state index contributed by atoms with van der Waals surface area (Å²) in [5.41, 5.74) is 3.15. The Morgan fingerprint density at radius 3 is 2.74 bits per heavy atom. The number of likely N-dealkylation sites (N-methyl/N-ethyl adjacent to an activating group) is 1. The van der Waals surface area contributed by atoms with E-state index >= 15 is 0 Å². The highest BCUT2D eigenvalue weighted by molar-refractivity contribution is 7.08. The maximum Gasteiger partial charge on any atom is 0.168 e. The summed E-state index contributed by atoms with van der Waals surface area (Å²) < 4.78 is 19.2. The van der Waals surface area contributed by atoms with Crippen molar-refractivity contribution >= 4 is 11.3 Å². The zero-order valence-corrected chi connectivity index (χ0v) is 12.2. The second-order valence-electron chi connectivity index (χ2n) is 4.49. The average molecular weight is 279 g/mol. The van der Waals surface area contributed by atoms with E-state index in [-0.39, 0.29) is 11.9 Å². The molecule has 0 amide bonds. The van der Waals surface area contributed by atoms with E-state index in [9.17, 15) is 4.39 Å². The summed E-state index contributed by atoms with van der Waals surface area (Å²) in [6, 6.07) is 5.39. The third kappa shape index (κ3) is 2.96. The van der Waals surface area contributed by atoms with E-state index in [0.29, 0.717) is 17.7 Å². The molecule has 0 radical (unpaired) electrons. The van der Waals surface area contributed by atoms with Gasteiger partial charge in [0.05, 0.1) is 7.11 Å². The van der Waals surface area contributed by atoms with Crippen LogP contribution in [-0.4, -0.2) is 14.2 Å². The Hall–Kier alpha value is -1.39. The van der Waals surface area contributed by atoms with Crippen LogP contribution in [-0.2, 0) is 6.42 Å². The monoisotopic (exact) mass is 279 g/mol. The molecular formula is C15H18FNOS. The van der Waals surface area contributed by atoms with Crippen molar-refractivity contribution in [2.75, 3.05) is 14.2 Å². The highest BCUT2D eigenvalue weighted by Gasteiger charge is 2.17. The van der Waals surface area contributed by atoms with Crippen molar-refractivity contribution in [2.24, 2.45) is 0 Å². The van der Waals surface area contributed by atoms with E-state index in [1.54, 1.807) is 17.4 Å². The van der Waals surface area contributed by atoms with Gasteiger partial charge in [0, 0.05) is 6.04 Å². The van der Waals surface area contributed by atoms with Gasteiger partial charge in [-0.2, -0.15) is 11.3 Å². The molecule has 19 heavy (non-hydrogen) atoms. The topological polar surface area (TPSA) is 21.3 Å². The minimum absolute atomic E-state index is 0.118. The third-order valence-corrected chi connectivity index (χ3v) is 4.19. The molecule has 0 bridgehead atoms. The zero-order valence-electron chi connectivity index (χ0n) is 11.4. The van der Waals surface area contributed by atoms with Crippen molar-refractivity contribution in [2.45, 2.75) is 19.4 Å². The van der Waals surface area contributed by atoms with Crippen LogP contribution in [0.2, 0.25) is 0 Å². The molecule has 2 aromatic rings. The molecule has 1 atom stereocenters. The molecule has 1 N–H and O–H groups in total. The van der Waals surface area contributed by atoms with Crippen molar-refractivity contribution in [3.63, 3.8) is 0 Å². The third-order valence-electron chi connectivity index (χ3n) is 3.31. The lowest BCUT2D eigenvalue weighted by Crippen LogP contribution is -2.19. The van der Waals surface area contributed by atoms with Gasteiger partial charge in [0.1, 0.15) is 0 Å². The van der Waals surface area contributed by atoms with Crippen LogP contribution >= 0.6 is 11.3 Å². The largest absolute Gasteiger partial charge is 0.494 e. The summed E-state index contributed by atoms with van der Waals surface area (Å²) >= 11 is 1.67. The fourth-order valence-electron chi connectivity index (χ4n) is 2.19. The van der Waals surface area contributed by atoms with Crippen molar-refractivity contribution < 1.29 is 9.13 Å². The second-order valence-corrected chi connectivity index (χ2v) is 5.23. The maximum atomic E-state index is 14.2. The van der Waals surface area contributed by atoms with Gasteiger partial charge in [0.25, 0.3) is 0 Å². The maximum absolute atomic E-state index is 14.2. The molecule has 2 nitrogen and oxygen atoms in total. The van der Waals surface area contributed by atoms with Gasteiger partial charge in [0.2, 0.25) is 0 Å². The van der Waals surface area contributed by atoms with Gasteiger partial charge in [-0.15, -0.1) is 0 Å². The lowest BCUT2D eigenvalue weighted by atomic mass is 9.98. The molecule has 1 aromatic heterocycles. The number of hydrogen-bond donors (Lipinski definition) is 1. The van der Waals surface area contributed by atoms with Crippen LogP contribution in [0.1, 0.15) is 22.7 Å². The van der Waals surface area contributed by atoms with Crippen LogP contribution in [0.3, 0.4) is 0 Å². The van der Waals surface area contributed by atoms with Crippen LogP contribution in [0.4, 0.5) is 4.39 Å².